The van der Waals surface area contributed by atoms with Crippen LogP contribution in [0.3, 0.4) is 0 Å². The molecule has 1 aromatic carbocycles. The highest BCUT2D eigenvalue weighted by Crippen LogP contribution is 2.28. The molecule has 0 spiro atoms. The average Bonchev–Trinajstić information content (AvgIpc) is 3.00. The van der Waals surface area contributed by atoms with E-state index in [2.05, 4.69) is 43.4 Å². The smallest absolute Gasteiger partial charge is 0.155 e. The van der Waals surface area contributed by atoms with Crippen molar-refractivity contribution in [2.45, 2.75) is 56.7 Å². The van der Waals surface area contributed by atoms with E-state index in [1.54, 1.807) is 0 Å². The second kappa shape index (κ2) is 6.93. The Morgan fingerprint density at radius 2 is 1.62 bits per heavy atom. The van der Waals surface area contributed by atoms with Gasteiger partial charge in [-0.25, -0.2) is 8.42 Å². The zero-order chi connectivity index (χ0) is 15.5. The summed E-state index contributed by atoms with van der Waals surface area (Å²) in [5.41, 5.74) is 2.34. The Labute approximate surface area is 129 Å². The largest absolute Gasteiger partial charge is 0.312 e. The number of rotatable bonds is 6. The second-order valence-electron chi connectivity index (χ2n) is 6.40. The molecule has 1 aliphatic rings. The van der Waals surface area contributed by atoms with Crippen molar-refractivity contribution in [2.24, 2.45) is 0 Å². The lowest BCUT2D eigenvalue weighted by Crippen LogP contribution is -2.30. The van der Waals surface area contributed by atoms with Crippen molar-refractivity contribution >= 4 is 9.84 Å². The van der Waals surface area contributed by atoms with Gasteiger partial charge in [0.05, 0.1) is 11.0 Å². The summed E-state index contributed by atoms with van der Waals surface area (Å²) in [6.45, 7) is 4.32. The van der Waals surface area contributed by atoms with Crippen molar-refractivity contribution < 1.29 is 8.42 Å². The van der Waals surface area contributed by atoms with Gasteiger partial charge < -0.3 is 5.32 Å². The van der Waals surface area contributed by atoms with Crippen molar-refractivity contribution in [2.75, 3.05) is 12.8 Å². The van der Waals surface area contributed by atoms with Crippen molar-refractivity contribution in [3.05, 3.63) is 35.4 Å². The molecule has 4 heteroatoms. The highest BCUT2D eigenvalue weighted by Gasteiger charge is 2.31. The van der Waals surface area contributed by atoms with E-state index >= 15 is 0 Å². The Kier molecular flexibility index (Phi) is 5.44. The Hall–Kier alpha value is -0.870. The lowest BCUT2D eigenvalue weighted by atomic mass is 10.00. The summed E-state index contributed by atoms with van der Waals surface area (Å²) in [7, 11) is -1.17. The molecule has 1 aromatic rings. The van der Waals surface area contributed by atoms with Gasteiger partial charge in [0.2, 0.25) is 0 Å². The summed E-state index contributed by atoms with van der Waals surface area (Å²) < 4.78 is 25.0. The second-order valence-corrected chi connectivity index (χ2v) is 8.72. The molecule has 3 nitrogen and oxygen atoms in total. The van der Waals surface area contributed by atoms with Crippen LogP contribution in [0.5, 0.6) is 0 Å². The Balaban J connectivity index is 2.12. The maximum Gasteiger partial charge on any atom is 0.155 e. The van der Waals surface area contributed by atoms with E-state index in [0.717, 1.165) is 31.2 Å². The first-order valence-corrected chi connectivity index (χ1v) is 9.64. The van der Waals surface area contributed by atoms with Crippen LogP contribution in [0.1, 0.15) is 62.6 Å². The molecule has 1 N–H and O–H groups in total. The number of hydrogen-bond acceptors (Lipinski definition) is 3. The van der Waals surface area contributed by atoms with Crippen LogP contribution in [0.25, 0.3) is 0 Å². The fourth-order valence-electron chi connectivity index (χ4n) is 3.08. The maximum atomic E-state index is 12.5. The van der Waals surface area contributed by atoms with E-state index in [1.807, 2.05) is 7.05 Å². The molecule has 1 saturated carbocycles. The van der Waals surface area contributed by atoms with E-state index in [0.29, 0.717) is 5.92 Å². The highest BCUT2D eigenvalue weighted by molar-refractivity contribution is 7.92. The monoisotopic (exact) mass is 309 g/mol. The molecular weight excluding hydrogens is 282 g/mol. The molecule has 2 rings (SSSR count). The molecule has 1 unspecified atom stereocenters. The Morgan fingerprint density at radius 1 is 1.10 bits per heavy atom. The molecule has 1 fully saturated rings. The van der Waals surface area contributed by atoms with Crippen molar-refractivity contribution in [1.82, 2.24) is 5.32 Å². The lowest BCUT2D eigenvalue weighted by Gasteiger charge is -2.20. The number of benzene rings is 1. The van der Waals surface area contributed by atoms with E-state index in [4.69, 9.17) is 0 Å². The SMILES string of the molecule is CNC(CS(=O)(=O)C1CCCC1)c1ccc(C(C)C)cc1. The van der Waals surface area contributed by atoms with Crippen LogP contribution in [-0.2, 0) is 9.84 Å². The van der Waals surface area contributed by atoms with Crippen LogP contribution in [0.15, 0.2) is 24.3 Å². The van der Waals surface area contributed by atoms with Crippen LogP contribution in [0.4, 0.5) is 0 Å². The molecule has 0 saturated heterocycles. The van der Waals surface area contributed by atoms with Gasteiger partial charge in [0, 0.05) is 6.04 Å². The van der Waals surface area contributed by atoms with Crippen LogP contribution in [-0.4, -0.2) is 26.5 Å². The van der Waals surface area contributed by atoms with Crippen molar-refractivity contribution in [1.29, 1.82) is 0 Å². The Morgan fingerprint density at radius 3 is 2.10 bits per heavy atom. The molecule has 0 aromatic heterocycles. The molecule has 0 aliphatic heterocycles. The quantitative estimate of drug-likeness (QED) is 0.875. The number of nitrogens with one attached hydrogen (secondary N) is 1. The van der Waals surface area contributed by atoms with Crippen molar-refractivity contribution in [3.63, 3.8) is 0 Å². The average molecular weight is 309 g/mol. The number of sulfone groups is 1. The summed E-state index contributed by atoms with van der Waals surface area (Å²) in [6.07, 6.45) is 3.78. The van der Waals surface area contributed by atoms with Gasteiger partial charge in [0.1, 0.15) is 0 Å². The van der Waals surface area contributed by atoms with E-state index in [9.17, 15) is 8.42 Å². The number of hydrogen-bond donors (Lipinski definition) is 1. The van der Waals surface area contributed by atoms with Crippen LogP contribution < -0.4 is 5.32 Å². The fourth-order valence-corrected chi connectivity index (χ4v) is 5.22. The van der Waals surface area contributed by atoms with Gasteiger partial charge in [0.15, 0.2) is 9.84 Å². The summed E-state index contributed by atoms with van der Waals surface area (Å²) in [5, 5.41) is 3.05. The Bertz CT molecular complexity index is 543. The third-order valence-corrected chi connectivity index (χ3v) is 6.85. The summed E-state index contributed by atoms with van der Waals surface area (Å²) in [6, 6.07) is 8.21. The van der Waals surface area contributed by atoms with E-state index < -0.39 is 9.84 Å². The van der Waals surface area contributed by atoms with E-state index in [-0.39, 0.29) is 17.0 Å². The predicted octanol–water partition coefficient (Wildman–Crippen LogP) is 3.43. The fraction of sp³-hybridized carbons (Fsp3) is 0.647. The molecular formula is C17H27NO2S. The standard InChI is InChI=1S/C17H27NO2S/c1-13(2)14-8-10-15(11-9-14)17(18-3)12-21(19,20)16-6-4-5-7-16/h8-11,13,16-18H,4-7,12H2,1-3H3. The first-order chi connectivity index (χ1) is 9.94. The van der Waals surface area contributed by atoms with Gasteiger partial charge >= 0.3 is 0 Å². The van der Waals surface area contributed by atoms with Gasteiger partial charge in [-0.1, -0.05) is 51.0 Å². The maximum absolute atomic E-state index is 12.5. The predicted molar refractivity (Wildman–Crippen MR) is 88.4 cm³/mol. The van der Waals surface area contributed by atoms with Gasteiger partial charge in [-0.3, -0.25) is 0 Å². The molecule has 0 amide bonds. The third kappa shape index (κ3) is 4.07. The topological polar surface area (TPSA) is 46.2 Å². The minimum absolute atomic E-state index is 0.114. The molecule has 1 atom stereocenters. The van der Waals surface area contributed by atoms with Crippen molar-refractivity contribution in [3.8, 4) is 0 Å². The molecule has 0 radical (unpaired) electrons. The zero-order valence-corrected chi connectivity index (χ0v) is 14.1. The molecule has 21 heavy (non-hydrogen) atoms. The van der Waals surface area contributed by atoms with Gasteiger partial charge in [-0.05, 0) is 36.9 Å². The summed E-state index contributed by atoms with van der Waals surface area (Å²) >= 11 is 0. The minimum atomic E-state index is -3.01. The minimum Gasteiger partial charge on any atom is -0.312 e. The lowest BCUT2D eigenvalue weighted by molar-refractivity contribution is 0.559. The molecule has 118 valence electrons. The van der Waals surface area contributed by atoms with Crippen LogP contribution in [0.2, 0.25) is 0 Å². The van der Waals surface area contributed by atoms with E-state index in [1.165, 1.54) is 5.56 Å². The highest BCUT2D eigenvalue weighted by atomic mass is 32.2. The molecule has 1 aliphatic carbocycles. The van der Waals surface area contributed by atoms with Gasteiger partial charge in [-0.2, -0.15) is 0 Å². The molecule has 0 heterocycles. The first kappa shape index (κ1) is 16.5. The van der Waals surface area contributed by atoms with Gasteiger partial charge in [0.25, 0.3) is 0 Å². The summed E-state index contributed by atoms with van der Waals surface area (Å²) in [5.74, 6) is 0.698. The van der Waals surface area contributed by atoms with Crippen LogP contribution >= 0.6 is 0 Å². The first-order valence-electron chi connectivity index (χ1n) is 7.92. The third-order valence-electron chi connectivity index (χ3n) is 4.56. The normalized spacial score (nSPS) is 18.3. The molecule has 0 bridgehead atoms. The van der Waals surface area contributed by atoms with Crippen LogP contribution in [0, 0.1) is 0 Å². The summed E-state index contributed by atoms with van der Waals surface area (Å²) in [4.78, 5) is 0. The zero-order valence-electron chi connectivity index (χ0n) is 13.3. The van der Waals surface area contributed by atoms with Gasteiger partial charge in [-0.15, -0.1) is 0 Å².